The summed E-state index contributed by atoms with van der Waals surface area (Å²) in [6.45, 7) is 4.62. The minimum atomic E-state index is -0.836. The van der Waals surface area contributed by atoms with Crippen LogP contribution in [0.2, 0.25) is 0 Å². The van der Waals surface area contributed by atoms with E-state index in [-0.39, 0.29) is 23.7 Å². The lowest BCUT2D eigenvalue weighted by molar-refractivity contribution is -0.149. The fraction of sp³-hybridized carbons (Fsp3) is 0.407. The molecule has 2 bridgehead atoms. The van der Waals surface area contributed by atoms with E-state index in [1.807, 2.05) is 50.2 Å². The highest BCUT2D eigenvalue weighted by Gasteiger charge is 2.57. The molecule has 4 atom stereocenters. The van der Waals surface area contributed by atoms with E-state index in [0.29, 0.717) is 6.54 Å². The smallest absolute Gasteiger partial charge is 0.307 e. The van der Waals surface area contributed by atoms with Crippen molar-refractivity contribution in [1.82, 2.24) is 5.32 Å². The summed E-state index contributed by atoms with van der Waals surface area (Å²) >= 11 is 0. The van der Waals surface area contributed by atoms with Crippen molar-refractivity contribution < 1.29 is 14.7 Å². The highest BCUT2D eigenvalue weighted by atomic mass is 16.4. The van der Waals surface area contributed by atoms with Crippen LogP contribution < -0.4 is 5.32 Å². The van der Waals surface area contributed by atoms with Crippen LogP contribution >= 0.6 is 0 Å². The molecule has 2 fully saturated rings. The molecule has 4 heteroatoms. The third-order valence-corrected chi connectivity index (χ3v) is 7.14. The Morgan fingerprint density at radius 1 is 0.903 bits per heavy atom. The molecule has 2 aromatic carbocycles. The van der Waals surface area contributed by atoms with Gasteiger partial charge in [0.1, 0.15) is 0 Å². The van der Waals surface area contributed by atoms with Gasteiger partial charge in [0.05, 0.1) is 11.8 Å². The van der Waals surface area contributed by atoms with Crippen molar-refractivity contribution in [2.45, 2.75) is 39.0 Å². The Morgan fingerprint density at radius 3 is 1.90 bits per heavy atom. The first-order valence-corrected chi connectivity index (χ1v) is 11.3. The molecule has 31 heavy (non-hydrogen) atoms. The van der Waals surface area contributed by atoms with Crippen molar-refractivity contribution >= 4 is 11.9 Å². The summed E-state index contributed by atoms with van der Waals surface area (Å²) in [5.74, 6) is -1.70. The number of allylic oxidation sites excluding steroid dienone is 2. The maximum Gasteiger partial charge on any atom is 0.307 e. The van der Waals surface area contributed by atoms with Crippen molar-refractivity contribution in [2.75, 3.05) is 6.54 Å². The predicted octanol–water partition coefficient (Wildman–Crippen LogP) is 5.02. The first-order valence-electron chi connectivity index (χ1n) is 11.3. The lowest BCUT2D eigenvalue weighted by Gasteiger charge is -2.27. The largest absolute Gasteiger partial charge is 0.481 e. The van der Waals surface area contributed by atoms with Gasteiger partial charge in [-0.05, 0) is 56.1 Å². The zero-order valence-electron chi connectivity index (χ0n) is 18.3. The first kappa shape index (κ1) is 21.4. The molecule has 0 heterocycles. The molecule has 2 saturated carbocycles. The Hall–Kier alpha value is -2.88. The number of carbonyl (C=O) groups excluding carboxylic acids is 1. The number of carboxylic acid groups (broad SMARTS) is 1. The molecule has 2 N–H and O–H groups in total. The Morgan fingerprint density at radius 2 is 1.42 bits per heavy atom. The third-order valence-electron chi connectivity index (χ3n) is 7.14. The zero-order valence-corrected chi connectivity index (χ0v) is 18.3. The second kappa shape index (κ2) is 9.09. The van der Waals surface area contributed by atoms with Gasteiger partial charge in [0, 0.05) is 12.5 Å². The molecular formula is C27H31NO3. The molecule has 4 rings (SSSR count). The van der Waals surface area contributed by atoms with Gasteiger partial charge < -0.3 is 10.4 Å². The summed E-state index contributed by atoms with van der Waals surface area (Å²) in [5.41, 5.74) is 4.84. The van der Waals surface area contributed by atoms with Gasteiger partial charge in [0.2, 0.25) is 5.91 Å². The van der Waals surface area contributed by atoms with Gasteiger partial charge in [-0.25, -0.2) is 0 Å². The number of nitrogens with one attached hydrogen (secondary N) is 1. The van der Waals surface area contributed by atoms with Gasteiger partial charge in [0.25, 0.3) is 0 Å². The summed E-state index contributed by atoms with van der Waals surface area (Å²) in [4.78, 5) is 25.2. The summed E-state index contributed by atoms with van der Waals surface area (Å²) in [6, 6.07) is 20.7. The monoisotopic (exact) mass is 417 g/mol. The van der Waals surface area contributed by atoms with Crippen LogP contribution in [0.15, 0.2) is 71.8 Å². The highest BCUT2D eigenvalue weighted by molar-refractivity contribution is 5.87. The average Bonchev–Trinajstić information content (AvgIpc) is 3.34. The number of carbonyl (C=O) groups is 2. The van der Waals surface area contributed by atoms with Crippen molar-refractivity contribution in [2.24, 2.45) is 23.7 Å². The fourth-order valence-corrected chi connectivity index (χ4v) is 5.96. The molecule has 0 saturated heterocycles. The molecule has 0 unspecified atom stereocenters. The Kier molecular flexibility index (Phi) is 6.26. The van der Waals surface area contributed by atoms with Crippen LogP contribution in [0.5, 0.6) is 0 Å². The third kappa shape index (κ3) is 4.16. The van der Waals surface area contributed by atoms with Crippen LogP contribution in [0.4, 0.5) is 0 Å². The number of hydrogen-bond acceptors (Lipinski definition) is 2. The number of fused-ring (bicyclic) bond motifs is 2. The first-order chi connectivity index (χ1) is 15.0. The summed E-state index contributed by atoms with van der Waals surface area (Å²) in [6.07, 6.45) is 2.58. The summed E-state index contributed by atoms with van der Waals surface area (Å²) < 4.78 is 0. The Bertz CT molecular complexity index is 923. The lowest BCUT2D eigenvalue weighted by atomic mass is 9.78. The van der Waals surface area contributed by atoms with Gasteiger partial charge in [-0.15, -0.1) is 0 Å². The minimum Gasteiger partial charge on any atom is -0.481 e. The van der Waals surface area contributed by atoms with E-state index >= 15 is 0 Å². The van der Waals surface area contributed by atoms with Crippen molar-refractivity contribution in [3.05, 3.63) is 82.9 Å². The number of aliphatic carboxylic acids is 1. The fourth-order valence-electron chi connectivity index (χ4n) is 5.96. The van der Waals surface area contributed by atoms with Gasteiger partial charge in [-0.3, -0.25) is 9.59 Å². The molecule has 2 aliphatic carbocycles. The van der Waals surface area contributed by atoms with Crippen LogP contribution in [0.1, 0.15) is 50.2 Å². The van der Waals surface area contributed by atoms with Crippen LogP contribution in [-0.2, 0) is 9.59 Å². The Balaban J connectivity index is 1.48. The van der Waals surface area contributed by atoms with E-state index in [0.717, 1.165) is 19.3 Å². The number of amides is 1. The second-order valence-corrected chi connectivity index (χ2v) is 9.09. The van der Waals surface area contributed by atoms with Crippen LogP contribution in [-0.4, -0.2) is 23.5 Å². The highest BCUT2D eigenvalue weighted by Crippen LogP contribution is 2.57. The quantitative estimate of drug-likeness (QED) is 0.622. The second-order valence-electron chi connectivity index (χ2n) is 9.09. The van der Waals surface area contributed by atoms with Crippen molar-refractivity contribution in [1.29, 1.82) is 0 Å². The molecule has 0 radical (unpaired) electrons. The van der Waals surface area contributed by atoms with E-state index in [2.05, 4.69) is 29.6 Å². The van der Waals surface area contributed by atoms with Crippen LogP contribution in [0.3, 0.4) is 0 Å². The molecular weight excluding hydrogens is 386 g/mol. The molecule has 2 aliphatic rings. The topological polar surface area (TPSA) is 66.4 Å². The van der Waals surface area contributed by atoms with E-state index in [4.69, 9.17) is 0 Å². The van der Waals surface area contributed by atoms with Crippen molar-refractivity contribution in [3.63, 3.8) is 0 Å². The molecule has 2 aromatic rings. The molecule has 4 nitrogen and oxygen atoms in total. The van der Waals surface area contributed by atoms with Gasteiger partial charge in [-0.1, -0.05) is 71.8 Å². The van der Waals surface area contributed by atoms with E-state index in [1.54, 1.807) is 0 Å². The molecule has 1 amide bonds. The summed E-state index contributed by atoms with van der Waals surface area (Å²) in [7, 11) is 0. The Labute approximate surface area is 184 Å². The lowest BCUT2D eigenvalue weighted by Crippen LogP contribution is -2.41. The maximum absolute atomic E-state index is 13.2. The van der Waals surface area contributed by atoms with E-state index < -0.39 is 17.8 Å². The number of rotatable bonds is 7. The average molecular weight is 418 g/mol. The maximum atomic E-state index is 13.2. The van der Waals surface area contributed by atoms with E-state index in [1.165, 1.54) is 22.3 Å². The minimum absolute atomic E-state index is 0.0182. The normalized spacial score (nSPS) is 24.4. The standard InChI is InChI=1S/C27H31NO3/c1-17(2)23-21-13-14-22(23)25(27(30)31)24(21)26(29)28-16-15-20(18-9-5-3-6-10-18)19-11-7-4-8-12-19/h3-12,20-22,24-25H,13-16H2,1-2H3,(H,28,29)(H,30,31)/t21-,22-,24-,25-/m1/s1. The van der Waals surface area contributed by atoms with E-state index in [9.17, 15) is 14.7 Å². The van der Waals surface area contributed by atoms with Gasteiger partial charge in [-0.2, -0.15) is 0 Å². The number of hydrogen-bond donors (Lipinski definition) is 2. The molecule has 0 spiro atoms. The number of carboxylic acids is 1. The SMILES string of the molecule is CC(C)=C1[C@H]2CC[C@H]1[C@@H](C(=O)NCCC(c1ccccc1)c1ccccc1)[C@@H]2C(=O)O. The zero-order chi connectivity index (χ0) is 22.0. The van der Waals surface area contributed by atoms with Crippen LogP contribution in [0, 0.1) is 23.7 Å². The predicted molar refractivity (Wildman–Crippen MR) is 122 cm³/mol. The molecule has 162 valence electrons. The molecule has 0 aromatic heterocycles. The van der Waals surface area contributed by atoms with Crippen LogP contribution in [0.25, 0.3) is 0 Å². The van der Waals surface area contributed by atoms with Crippen molar-refractivity contribution in [3.8, 4) is 0 Å². The van der Waals surface area contributed by atoms with Gasteiger partial charge >= 0.3 is 5.97 Å². The number of benzene rings is 2. The summed E-state index contributed by atoms with van der Waals surface area (Å²) in [5, 5.41) is 13.0. The molecule has 0 aliphatic heterocycles. The van der Waals surface area contributed by atoms with Gasteiger partial charge in [0.15, 0.2) is 0 Å².